The summed E-state index contributed by atoms with van der Waals surface area (Å²) in [6.45, 7) is 6.41. The van der Waals surface area contributed by atoms with Crippen molar-refractivity contribution in [3.05, 3.63) is 35.0 Å². The largest absolute Gasteiger partial charge is 0.338 e. The average molecular weight is 313 g/mol. The fourth-order valence-electron chi connectivity index (χ4n) is 2.50. The first kappa shape index (κ1) is 15.1. The lowest BCUT2D eigenvalue weighted by Crippen LogP contribution is -2.20. The van der Waals surface area contributed by atoms with Crippen LogP contribution in [0, 0.1) is 20.8 Å². The van der Waals surface area contributed by atoms with Gasteiger partial charge in [0.25, 0.3) is 0 Å². The molecule has 0 fully saturated rings. The van der Waals surface area contributed by atoms with Gasteiger partial charge in [0.05, 0.1) is 17.9 Å². The molecule has 8 heteroatoms. The van der Waals surface area contributed by atoms with Crippen molar-refractivity contribution in [1.29, 1.82) is 0 Å². The molecule has 0 bridgehead atoms. The van der Waals surface area contributed by atoms with Crippen molar-refractivity contribution < 1.29 is 4.63 Å². The van der Waals surface area contributed by atoms with Crippen molar-refractivity contribution in [2.24, 2.45) is 7.05 Å². The molecule has 0 aliphatic carbocycles. The van der Waals surface area contributed by atoms with Crippen LogP contribution >= 0.6 is 0 Å². The van der Waals surface area contributed by atoms with E-state index in [4.69, 9.17) is 4.63 Å². The number of anilines is 1. The molecule has 0 radical (unpaired) electrons. The van der Waals surface area contributed by atoms with E-state index in [1.165, 1.54) is 0 Å². The Bertz CT molecular complexity index is 836. The van der Waals surface area contributed by atoms with Gasteiger partial charge in [-0.15, -0.1) is 0 Å². The highest BCUT2D eigenvalue weighted by atomic mass is 16.6. The van der Waals surface area contributed by atoms with Crippen LogP contribution < -0.4 is 4.90 Å². The van der Waals surface area contributed by atoms with E-state index in [-0.39, 0.29) is 0 Å². The fraction of sp³-hybridized carbons (Fsp3) is 0.400. The summed E-state index contributed by atoms with van der Waals surface area (Å²) in [4.78, 5) is 10.9. The topological polar surface area (TPSA) is 85.8 Å². The molecule has 3 aromatic rings. The summed E-state index contributed by atoms with van der Waals surface area (Å²) >= 11 is 0. The van der Waals surface area contributed by atoms with E-state index in [0.717, 1.165) is 34.0 Å². The molecule has 0 saturated carbocycles. The second-order valence-electron chi connectivity index (χ2n) is 5.56. The lowest BCUT2D eigenvalue weighted by molar-refractivity contribution is 0.301. The molecule has 23 heavy (non-hydrogen) atoms. The molecule has 0 spiro atoms. The highest BCUT2D eigenvalue weighted by Crippen LogP contribution is 2.25. The first-order valence-electron chi connectivity index (χ1n) is 7.30. The molecule has 0 aromatic carbocycles. The summed E-state index contributed by atoms with van der Waals surface area (Å²) in [6.07, 6.45) is 1.76. The lowest BCUT2D eigenvalue weighted by atomic mass is 10.1. The Morgan fingerprint density at radius 3 is 2.57 bits per heavy atom. The molecule has 0 amide bonds. The van der Waals surface area contributed by atoms with Crippen molar-refractivity contribution in [2.75, 3.05) is 11.9 Å². The highest BCUT2D eigenvalue weighted by Gasteiger charge is 2.16. The van der Waals surface area contributed by atoms with Gasteiger partial charge in [0.2, 0.25) is 5.95 Å². The second kappa shape index (κ2) is 5.79. The molecule has 0 atom stereocenters. The minimum Gasteiger partial charge on any atom is -0.338 e. The van der Waals surface area contributed by atoms with E-state index >= 15 is 0 Å². The predicted molar refractivity (Wildman–Crippen MR) is 84.9 cm³/mol. The molecule has 120 valence electrons. The van der Waals surface area contributed by atoms with Crippen LogP contribution in [0.25, 0.3) is 11.3 Å². The van der Waals surface area contributed by atoms with Crippen LogP contribution in [0.1, 0.15) is 22.8 Å². The number of hydrogen-bond acceptors (Lipinski definition) is 7. The van der Waals surface area contributed by atoms with Gasteiger partial charge in [-0.3, -0.25) is 4.68 Å². The van der Waals surface area contributed by atoms with Gasteiger partial charge >= 0.3 is 0 Å². The first-order valence-corrected chi connectivity index (χ1v) is 7.30. The van der Waals surface area contributed by atoms with Gasteiger partial charge in [0, 0.05) is 31.5 Å². The van der Waals surface area contributed by atoms with Gasteiger partial charge in [0.15, 0.2) is 0 Å². The summed E-state index contributed by atoms with van der Waals surface area (Å²) in [5.74, 6) is 0.618. The predicted octanol–water partition coefficient (Wildman–Crippen LogP) is 1.82. The third-order valence-corrected chi connectivity index (χ3v) is 3.88. The maximum Gasteiger partial charge on any atom is 0.225 e. The molecule has 3 heterocycles. The van der Waals surface area contributed by atoms with Crippen LogP contribution in [0.2, 0.25) is 0 Å². The molecule has 0 aliphatic heterocycles. The van der Waals surface area contributed by atoms with Gasteiger partial charge < -0.3 is 4.90 Å². The smallest absolute Gasteiger partial charge is 0.225 e. The van der Waals surface area contributed by atoms with Crippen molar-refractivity contribution in [1.82, 2.24) is 30.1 Å². The third-order valence-electron chi connectivity index (χ3n) is 3.88. The molecule has 0 aliphatic rings. The minimum atomic E-state index is 0.532. The molecule has 0 unspecified atom stereocenters. The molecule has 3 aromatic heterocycles. The number of hydrogen-bond donors (Lipinski definition) is 0. The second-order valence-corrected chi connectivity index (χ2v) is 5.56. The van der Waals surface area contributed by atoms with Crippen LogP contribution in [0.4, 0.5) is 5.95 Å². The quantitative estimate of drug-likeness (QED) is 0.726. The van der Waals surface area contributed by atoms with Crippen molar-refractivity contribution in [2.45, 2.75) is 27.3 Å². The Morgan fingerprint density at radius 1 is 1.17 bits per heavy atom. The number of aromatic nitrogens is 6. The Labute approximate surface area is 134 Å². The van der Waals surface area contributed by atoms with E-state index in [2.05, 4.69) is 25.4 Å². The summed E-state index contributed by atoms with van der Waals surface area (Å²) < 4.78 is 6.59. The molecular formula is C15H19N7O. The molecule has 8 nitrogen and oxygen atoms in total. The van der Waals surface area contributed by atoms with Crippen LogP contribution in [-0.4, -0.2) is 37.1 Å². The zero-order chi connectivity index (χ0) is 16.6. The summed E-state index contributed by atoms with van der Waals surface area (Å²) in [6, 6.07) is 1.90. The number of nitrogens with zero attached hydrogens (tertiary/aromatic N) is 7. The zero-order valence-electron chi connectivity index (χ0n) is 13.9. The maximum atomic E-state index is 4.73. The molecular weight excluding hydrogens is 294 g/mol. The van der Waals surface area contributed by atoms with Crippen molar-refractivity contribution in [3.63, 3.8) is 0 Å². The van der Waals surface area contributed by atoms with Gasteiger partial charge in [-0.2, -0.15) is 5.10 Å². The lowest BCUT2D eigenvalue weighted by Gasteiger charge is -2.16. The van der Waals surface area contributed by atoms with Crippen molar-refractivity contribution in [3.8, 4) is 11.3 Å². The first-order chi connectivity index (χ1) is 11.0. The normalized spacial score (nSPS) is 11.0. The highest BCUT2D eigenvalue weighted by molar-refractivity contribution is 5.65. The van der Waals surface area contributed by atoms with Crippen LogP contribution in [0.5, 0.6) is 0 Å². The standard InChI is InChI=1S/C15H19N7O/c1-9-13(20-23-19-9)8-21(4)15-16-7-6-12(17-15)14-10(2)18-22(5)11(14)3/h6-7H,8H2,1-5H3. The van der Waals surface area contributed by atoms with E-state index in [1.54, 1.807) is 6.20 Å². The average Bonchev–Trinajstić information content (AvgIpc) is 3.03. The fourth-order valence-corrected chi connectivity index (χ4v) is 2.50. The Hall–Kier alpha value is -2.77. The number of rotatable bonds is 4. The Morgan fingerprint density at radius 2 is 1.96 bits per heavy atom. The van der Waals surface area contributed by atoms with Gasteiger partial charge in [-0.1, -0.05) is 10.3 Å². The van der Waals surface area contributed by atoms with Crippen LogP contribution in [0.15, 0.2) is 16.9 Å². The van der Waals surface area contributed by atoms with Gasteiger partial charge in [-0.25, -0.2) is 14.6 Å². The Balaban J connectivity index is 1.92. The van der Waals surface area contributed by atoms with E-state index in [1.807, 2.05) is 50.5 Å². The molecule has 3 rings (SSSR count). The van der Waals surface area contributed by atoms with Gasteiger partial charge in [-0.05, 0) is 26.8 Å². The van der Waals surface area contributed by atoms with Gasteiger partial charge in [0.1, 0.15) is 11.4 Å². The van der Waals surface area contributed by atoms with E-state index in [0.29, 0.717) is 12.5 Å². The summed E-state index contributed by atoms with van der Waals surface area (Å²) in [5, 5.41) is 12.1. The zero-order valence-corrected chi connectivity index (χ0v) is 13.9. The monoisotopic (exact) mass is 313 g/mol. The Kier molecular flexibility index (Phi) is 3.81. The van der Waals surface area contributed by atoms with Crippen molar-refractivity contribution >= 4 is 5.95 Å². The minimum absolute atomic E-state index is 0.532. The van der Waals surface area contributed by atoms with Crippen LogP contribution in [0.3, 0.4) is 0 Å². The third kappa shape index (κ3) is 2.79. The molecule has 0 N–H and O–H groups in total. The summed E-state index contributed by atoms with van der Waals surface area (Å²) in [7, 11) is 3.84. The van der Waals surface area contributed by atoms with E-state index < -0.39 is 0 Å². The van der Waals surface area contributed by atoms with Crippen LogP contribution in [-0.2, 0) is 13.6 Å². The maximum absolute atomic E-state index is 4.73. The van der Waals surface area contributed by atoms with E-state index in [9.17, 15) is 0 Å². The number of aryl methyl sites for hydroxylation is 3. The molecule has 0 saturated heterocycles. The summed E-state index contributed by atoms with van der Waals surface area (Å²) in [5.41, 5.74) is 5.48. The SMILES string of the molecule is Cc1nonc1CN(C)c1nccc(-c2c(C)nn(C)c2C)n1.